The van der Waals surface area contributed by atoms with Gasteiger partial charge in [0.2, 0.25) is 0 Å². The maximum absolute atomic E-state index is 6.20. The van der Waals surface area contributed by atoms with E-state index in [1.807, 2.05) is 36.4 Å². The Morgan fingerprint density at radius 3 is 2.55 bits per heavy atom. The van der Waals surface area contributed by atoms with E-state index in [4.69, 9.17) is 10.7 Å². The number of pyridine rings is 1. The van der Waals surface area contributed by atoms with Crippen molar-refractivity contribution in [2.24, 2.45) is 5.73 Å². The van der Waals surface area contributed by atoms with Gasteiger partial charge < -0.3 is 11.1 Å². The highest BCUT2D eigenvalue weighted by atomic mass is 32.2. The summed E-state index contributed by atoms with van der Waals surface area (Å²) in [5.74, 6) is 0. The van der Waals surface area contributed by atoms with E-state index in [1.54, 1.807) is 11.8 Å². The summed E-state index contributed by atoms with van der Waals surface area (Å²) in [6, 6.07) is 22.5. The van der Waals surface area contributed by atoms with E-state index in [1.165, 1.54) is 0 Å². The Morgan fingerprint density at radius 1 is 0.909 bits per heavy atom. The molecule has 1 aliphatic rings. The van der Waals surface area contributed by atoms with Gasteiger partial charge in [0.1, 0.15) is 5.37 Å². The summed E-state index contributed by atoms with van der Waals surface area (Å²) in [5, 5.41) is 5.51. The predicted molar refractivity (Wildman–Crippen MR) is 92.8 cm³/mol. The van der Waals surface area contributed by atoms with Gasteiger partial charge in [0, 0.05) is 10.9 Å². The lowest BCUT2D eigenvalue weighted by Crippen LogP contribution is -2.13. The van der Waals surface area contributed by atoms with Crippen LogP contribution in [0.5, 0.6) is 0 Å². The van der Waals surface area contributed by atoms with Gasteiger partial charge in [-0.1, -0.05) is 66.4 Å². The summed E-state index contributed by atoms with van der Waals surface area (Å²) in [5.41, 5.74) is 10.3. The van der Waals surface area contributed by atoms with Crippen molar-refractivity contribution in [3.05, 3.63) is 83.0 Å². The first-order chi connectivity index (χ1) is 10.8. The minimum atomic E-state index is 0.0554. The van der Waals surface area contributed by atoms with Gasteiger partial charge in [-0.2, -0.15) is 0 Å². The number of para-hydroxylation sites is 1. The average Bonchev–Trinajstić information content (AvgIpc) is 2.97. The van der Waals surface area contributed by atoms with Crippen molar-refractivity contribution in [1.29, 1.82) is 0 Å². The van der Waals surface area contributed by atoms with Gasteiger partial charge in [0.25, 0.3) is 0 Å². The average molecular weight is 305 g/mol. The van der Waals surface area contributed by atoms with Gasteiger partial charge in [-0.05, 0) is 12.1 Å². The lowest BCUT2D eigenvalue weighted by molar-refractivity contribution is 0.849. The molecule has 3 aromatic rings. The molecule has 3 nitrogen and oxygen atoms in total. The SMILES string of the molecule is NC1=C(c2ccccc2)NC(c2ccc3ccccc3n2)S1. The Bertz CT molecular complexity index is 858. The predicted octanol–water partition coefficient (Wildman–Crippen LogP) is 3.85. The fourth-order valence-corrected chi connectivity index (χ4v) is 3.59. The Kier molecular flexibility index (Phi) is 3.24. The number of hydrogen-bond acceptors (Lipinski definition) is 4. The molecule has 4 heteroatoms. The van der Waals surface area contributed by atoms with E-state index < -0.39 is 0 Å². The number of rotatable bonds is 2. The van der Waals surface area contributed by atoms with Crippen molar-refractivity contribution in [2.45, 2.75) is 5.37 Å². The Labute approximate surface area is 133 Å². The van der Waals surface area contributed by atoms with E-state index in [0.717, 1.165) is 32.9 Å². The van der Waals surface area contributed by atoms with Crippen LogP contribution in [0.25, 0.3) is 16.6 Å². The highest BCUT2D eigenvalue weighted by Gasteiger charge is 2.25. The number of aromatic nitrogens is 1. The van der Waals surface area contributed by atoms with Gasteiger partial charge in [-0.25, -0.2) is 4.98 Å². The second-order valence-electron chi connectivity index (χ2n) is 5.18. The van der Waals surface area contributed by atoms with Crippen molar-refractivity contribution in [3.8, 4) is 0 Å². The molecule has 108 valence electrons. The molecule has 0 saturated carbocycles. The van der Waals surface area contributed by atoms with E-state index in [-0.39, 0.29) is 5.37 Å². The number of thioether (sulfide) groups is 1. The number of benzene rings is 2. The minimum absolute atomic E-state index is 0.0554. The highest BCUT2D eigenvalue weighted by Crippen LogP contribution is 2.40. The lowest BCUT2D eigenvalue weighted by atomic mass is 10.1. The molecule has 0 amide bonds. The smallest absolute Gasteiger partial charge is 0.121 e. The minimum Gasteiger partial charge on any atom is -0.392 e. The molecule has 0 saturated heterocycles. The topological polar surface area (TPSA) is 50.9 Å². The largest absolute Gasteiger partial charge is 0.392 e. The summed E-state index contributed by atoms with van der Waals surface area (Å²) in [4.78, 5) is 4.75. The molecule has 1 aliphatic heterocycles. The molecular formula is C18H15N3S. The van der Waals surface area contributed by atoms with Gasteiger partial charge in [0.05, 0.1) is 21.9 Å². The number of fused-ring (bicyclic) bond motifs is 1. The van der Waals surface area contributed by atoms with Crippen LogP contribution in [0.3, 0.4) is 0 Å². The first-order valence-corrected chi connectivity index (χ1v) is 8.03. The van der Waals surface area contributed by atoms with Crippen LogP contribution >= 0.6 is 11.8 Å². The van der Waals surface area contributed by atoms with Crippen molar-refractivity contribution in [3.63, 3.8) is 0 Å². The lowest BCUT2D eigenvalue weighted by Gasteiger charge is -2.12. The zero-order valence-corrected chi connectivity index (χ0v) is 12.7. The third-order valence-electron chi connectivity index (χ3n) is 3.72. The van der Waals surface area contributed by atoms with Crippen molar-refractivity contribution >= 4 is 28.4 Å². The third-order valence-corrected chi connectivity index (χ3v) is 4.77. The number of nitrogens with one attached hydrogen (secondary N) is 1. The van der Waals surface area contributed by atoms with Crippen LogP contribution in [0.1, 0.15) is 16.6 Å². The van der Waals surface area contributed by atoms with Crippen LogP contribution in [-0.2, 0) is 0 Å². The van der Waals surface area contributed by atoms with E-state index >= 15 is 0 Å². The number of hydrogen-bond donors (Lipinski definition) is 2. The molecule has 0 fully saturated rings. The van der Waals surface area contributed by atoms with Crippen LogP contribution in [0.15, 0.2) is 71.8 Å². The molecule has 4 rings (SSSR count). The zero-order chi connectivity index (χ0) is 14.9. The molecule has 1 unspecified atom stereocenters. The maximum Gasteiger partial charge on any atom is 0.121 e. The Balaban J connectivity index is 1.65. The fraction of sp³-hybridized carbons (Fsp3) is 0.0556. The van der Waals surface area contributed by atoms with Crippen molar-refractivity contribution in [1.82, 2.24) is 10.3 Å². The second-order valence-corrected chi connectivity index (χ2v) is 6.32. The van der Waals surface area contributed by atoms with Crippen LogP contribution in [0.2, 0.25) is 0 Å². The molecular weight excluding hydrogens is 290 g/mol. The standard InChI is InChI=1S/C18H15N3S/c19-17-16(13-7-2-1-3-8-13)21-18(22-17)15-11-10-12-6-4-5-9-14(12)20-15/h1-11,18,21H,19H2. The molecule has 2 heterocycles. The third kappa shape index (κ3) is 2.31. The number of nitrogens with zero attached hydrogens (tertiary/aromatic N) is 1. The van der Waals surface area contributed by atoms with Gasteiger partial charge in [-0.15, -0.1) is 0 Å². The zero-order valence-electron chi connectivity index (χ0n) is 11.9. The van der Waals surface area contributed by atoms with Crippen LogP contribution in [-0.4, -0.2) is 4.98 Å². The maximum atomic E-state index is 6.20. The highest BCUT2D eigenvalue weighted by molar-refractivity contribution is 8.03. The molecule has 0 radical (unpaired) electrons. The monoisotopic (exact) mass is 305 g/mol. The first kappa shape index (κ1) is 13.2. The summed E-state index contributed by atoms with van der Waals surface area (Å²) in [6.07, 6.45) is 0. The van der Waals surface area contributed by atoms with E-state index in [9.17, 15) is 0 Å². The van der Waals surface area contributed by atoms with Crippen molar-refractivity contribution in [2.75, 3.05) is 0 Å². The summed E-state index contributed by atoms with van der Waals surface area (Å²) < 4.78 is 0. The van der Waals surface area contributed by atoms with E-state index in [0.29, 0.717) is 0 Å². The molecule has 0 aliphatic carbocycles. The molecule has 1 atom stereocenters. The summed E-state index contributed by atoms with van der Waals surface area (Å²) >= 11 is 1.61. The fourth-order valence-electron chi connectivity index (χ4n) is 2.61. The second kappa shape index (κ2) is 5.39. The molecule has 3 N–H and O–H groups in total. The van der Waals surface area contributed by atoms with Crippen LogP contribution in [0.4, 0.5) is 0 Å². The Hall–Kier alpha value is -2.46. The first-order valence-electron chi connectivity index (χ1n) is 7.15. The van der Waals surface area contributed by atoms with Gasteiger partial charge in [-0.3, -0.25) is 0 Å². The normalized spacial score (nSPS) is 17.7. The number of nitrogens with two attached hydrogens (primary N) is 1. The van der Waals surface area contributed by atoms with E-state index in [2.05, 4.69) is 35.6 Å². The van der Waals surface area contributed by atoms with Gasteiger partial charge >= 0.3 is 0 Å². The van der Waals surface area contributed by atoms with Crippen LogP contribution in [0, 0.1) is 0 Å². The Morgan fingerprint density at radius 2 is 1.68 bits per heavy atom. The van der Waals surface area contributed by atoms with Crippen LogP contribution < -0.4 is 11.1 Å². The summed E-state index contributed by atoms with van der Waals surface area (Å²) in [6.45, 7) is 0. The molecule has 0 spiro atoms. The van der Waals surface area contributed by atoms with Crippen molar-refractivity contribution < 1.29 is 0 Å². The molecule has 22 heavy (non-hydrogen) atoms. The molecule has 1 aromatic heterocycles. The quantitative estimate of drug-likeness (QED) is 0.755. The molecule has 0 bridgehead atoms. The molecule has 2 aromatic carbocycles. The summed E-state index contributed by atoms with van der Waals surface area (Å²) in [7, 11) is 0. The van der Waals surface area contributed by atoms with Gasteiger partial charge in [0.15, 0.2) is 0 Å².